The molecule has 8 nitrogen and oxygen atoms in total. The number of carbonyl (C=O) groups excluding carboxylic acids is 1. The number of para-hydroxylation sites is 1. The first-order valence-corrected chi connectivity index (χ1v) is 9.08. The molecule has 3 aromatic rings. The van der Waals surface area contributed by atoms with Crippen molar-refractivity contribution in [2.75, 3.05) is 25.0 Å². The number of aryl methyl sites for hydroxylation is 3. The number of carbonyl (C=O) groups is 1. The lowest BCUT2D eigenvalue weighted by molar-refractivity contribution is -0.123. The Bertz CT molecular complexity index is 953. The van der Waals surface area contributed by atoms with Crippen LogP contribution in [0.5, 0.6) is 5.75 Å². The van der Waals surface area contributed by atoms with Crippen LogP contribution in [-0.4, -0.2) is 45.1 Å². The summed E-state index contributed by atoms with van der Waals surface area (Å²) in [5, 5.41) is 6.03. The molecule has 0 aliphatic heterocycles. The minimum absolute atomic E-state index is 0.0124. The summed E-state index contributed by atoms with van der Waals surface area (Å²) >= 11 is 0. The molecule has 0 unspecified atom stereocenters. The Labute approximate surface area is 164 Å². The maximum Gasteiger partial charge on any atom is 0.258 e. The number of nitrogens with zero attached hydrogens (tertiary/aromatic N) is 4. The maximum atomic E-state index is 11.9. The minimum Gasteiger partial charge on any atom is -0.484 e. The summed E-state index contributed by atoms with van der Waals surface area (Å²) in [6, 6.07) is 9.46. The standard InChI is InChI=1S/C20H24N6O2/c1-14-6-4-5-7-17(14)28-13-20(27)23-9-8-22-18-12-19(25-15(2)24-18)26-11-10-21-16(26)3/h4-7,10-12H,8-9,13H2,1-3H3,(H,23,27)(H,22,24,25). The molecule has 0 saturated carbocycles. The van der Waals surface area contributed by atoms with Crippen molar-refractivity contribution in [2.24, 2.45) is 0 Å². The van der Waals surface area contributed by atoms with Gasteiger partial charge in [0, 0.05) is 31.5 Å². The smallest absolute Gasteiger partial charge is 0.258 e. The molecule has 2 heterocycles. The van der Waals surface area contributed by atoms with Crippen LogP contribution in [0.15, 0.2) is 42.7 Å². The number of anilines is 1. The molecular formula is C20H24N6O2. The molecular weight excluding hydrogens is 356 g/mol. The molecule has 3 rings (SSSR count). The van der Waals surface area contributed by atoms with Crippen molar-refractivity contribution in [1.82, 2.24) is 24.8 Å². The molecule has 1 aromatic carbocycles. The Kier molecular flexibility index (Phi) is 6.21. The van der Waals surface area contributed by atoms with Crippen LogP contribution >= 0.6 is 0 Å². The predicted molar refractivity (Wildman–Crippen MR) is 107 cm³/mol. The number of aromatic nitrogens is 4. The van der Waals surface area contributed by atoms with Crippen LogP contribution in [-0.2, 0) is 4.79 Å². The fraction of sp³-hybridized carbons (Fsp3) is 0.300. The van der Waals surface area contributed by atoms with Crippen LogP contribution in [0.1, 0.15) is 17.2 Å². The van der Waals surface area contributed by atoms with E-state index in [4.69, 9.17) is 4.74 Å². The third-order valence-corrected chi connectivity index (χ3v) is 4.10. The van der Waals surface area contributed by atoms with Crippen LogP contribution in [0, 0.1) is 20.8 Å². The maximum absolute atomic E-state index is 11.9. The first-order chi connectivity index (χ1) is 13.5. The number of nitrogens with one attached hydrogen (secondary N) is 2. The van der Waals surface area contributed by atoms with E-state index >= 15 is 0 Å². The predicted octanol–water partition coefficient (Wildman–Crippen LogP) is 2.19. The van der Waals surface area contributed by atoms with Crippen molar-refractivity contribution in [3.8, 4) is 11.6 Å². The van der Waals surface area contributed by atoms with Crippen LogP contribution < -0.4 is 15.4 Å². The van der Waals surface area contributed by atoms with Gasteiger partial charge in [-0.2, -0.15) is 0 Å². The molecule has 0 aliphatic carbocycles. The molecule has 2 aromatic heterocycles. The van der Waals surface area contributed by atoms with E-state index in [1.807, 2.05) is 61.9 Å². The van der Waals surface area contributed by atoms with Gasteiger partial charge >= 0.3 is 0 Å². The third kappa shape index (κ3) is 5.06. The average Bonchev–Trinajstić information content (AvgIpc) is 3.10. The van der Waals surface area contributed by atoms with Crippen LogP contribution in [0.3, 0.4) is 0 Å². The molecule has 0 spiro atoms. The number of hydrogen-bond acceptors (Lipinski definition) is 6. The summed E-state index contributed by atoms with van der Waals surface area (Å²) in [5.74, 6) is 3.50. The summed E-state index contributed by atoms with van der Waals surface area (Å²) in [4.78, 5) is 25.0. The topological polar surface area (TPSA) is 94.0 Å². The largest absolute Gasteiger partial charge is 0.484 e. The number of hydrogen-bond donors (Lipinski definition) is 2. The Balaban J connectivity index is 1.46. The lowest BCUT2D eigenvalue weighted by Crippen LogP contribution is -2.32. The summed E-state index contributed by atoms with van der Waals surface area (Å²) in [7, 11) is 0. The van der Waals surface area contributed by atoms with Gasteiger partial charge in [-0.15, -0.1) is 0 Å². The van der Waals surface area contributed by atoms with Gasteiger partial charge in [0.25, 0.3) is 5.91 Å². The Morgan fingerprint density at radius 2 is 1.96 bits per heavy atom. The molecule has 2 N–H and O–H groups in total. The zero-order chi connectivity index (χ0) is 19.9. The highest BCUT2D eigenvalue weighted by atomic mass is 16.5. The second-order valence-electron chi connectivity index (χ2n) is 6.33. The van der Waals surface area contributed by atoms with Crippen LogP contribution in [0.25, 0.3) is 5.82 Å². The summed E-state index contributed by atoms with van der Waals surface area (Å²) in [6.45, 7) is 6.68. The lowest BCUT2D eigenvalue weighted by Gasteiger charge is -2.11. The Morgan fingerprint density at radius 3 is 2.71 bits per heavy atom. The SMILES string of the molecule is Cc1nc(NCCNC(=O)COc2ccccc2C)cc(-n2ccnc2C)n1. The zero-order valence-electron chi connectivity index (χ0n) is 16.3. The summed E-state index contributed by atoms with van der Waals surface area (Å²) in [5.41, 5.74) is 1.00. The Morgan fingerprint density at radius 1 is 1.14 bits per heavy atom. The highest BCUT2D eigenvalue weighted by Gasteiger charge is 2.07. The van der Waals surface area contributed by atoms with E-state index in [1.165, 1.54) is 0 Å². The van der Waals surface area contributed by atoms with E-state index < -0.39 is 0 Å². The van der Waals surface area contributed by atoms with Crippen molar-refractivity contribution < 1.29 is 9.53 Å². The van der Waals surface area contributed by atoms with Gasteiger partial charge in [-0.3, -0.25) is 9.36 Å². The summed E-state index contributed by atoms with van der Waals surface area (Å²) in [6.07, 6.45) is 3.59. The number of imidazole rings is 1. The van der Waals surface area contributed by atoms with Gasteiger partial charge < -0.3 is 15.4 Å². The van der Waals surface area contributed by atoms with Crippen LogP contribution in [0.4, 0.5) is 5.82 Å². The third-order valence-electron chi connectivity index (χ3n) is 4.10. The average molecular weight is 380 g/mol. The van der Waals surface area contributed by atoms with Crippen molar-refractivity contribution >= 4 is 11.7 Å². The molecule has 28 heavy (non-hydrogen) atoms. The van der Waals surface area contributed by atoms with Crippen molar-refractivity contribution in [3.63, 3.8) is 0 Å². The van der Waals surface area contributed by atoms with Crippen LogP contribution in [0.2, 0.25) is 0 Å². The van der Waals surface area contributed by atoms with Gasteiger partial charge in [0.15, 0.2) is 6.61 Å². The van der Waals surface area contributed by atoms with Gasteiger partial charge in [-0.25, -0.2) is 15.0 Å². The highest BCUT2D eigenvalue weighted by molar-refractivity contribution is 5.77. The number of rotatable bonds is 8. The molecule has 0 saturated heterocycles. The van der Waals surface area contributed by atoms with Crippen molar-refractivity contribution in [1.29, 1.82) is 0 Å². The second kappa shape index (κ2) is 8.98. The normalized spacial score (nSPS) is 10.5. The van der Waals surface area contributed by atoms with E-state index in [2.05, 4.69) is 25.6 Å². The number of amides is 1. The van der Waals surface area contributed by atoms with Gasteiger partial charge in [0.1, 0.15) is 29.0 Å². The van der Waals surface area contributed by atoms with Gasteiger partial charge in [0.2, 0.25) is 0 Å². The number of benzene rings is 1. The van der Waals surface area contributed by atoms with E-state index in [0.29, 0.717) is 24.7 Å². The highest BCUT2D eigenvalue weighted by Crippen LogP contribution is 2.15. The monoisotopic (exact) mass is 380 g/mol. The molecule has 0 fully saturated rings. The fourth-order valence-electron chi connectivity index (χ4n) is 2.69. The van der Waals surface area contributed by atoms with E-state index in [9.17, 15) is 4.79 Å². The van der Waals surface area contributed by atoms with Crippen molar-refractivity contribution in [3.05, 3.63) is 59.9 Å². The molecule has 146 valence electrons. The second-order valence-corrected chi connectivity index (χ2v) is 6.33. The molecule has 8 heteroatoms. The van der Waals surface area contributed by atoms with Gasteiger partial charge in [-0.1, -0.05) is 18.2 Å². The summed E-state index contributed by atoms with van der Waals surface area (Å²) < 4.78 is 7.43. The first kappa shape index (κ1) is 19.3. The van der Waals surface area contributed by atoms with Gasteiger partial charge in [0.05, 0.1) is 0 Å². The quantitative estimate of drug-likeness (QED) is 0.582. The lowest BCUT2D eigenvalue weighted by atomic mass is 10.2. The molecule has 0 radical (unpaired) electrons. The molecule has 0 aliphatic rings. The van der Waals surface area contributed by atoms with E-state index in [-0.39, 0.29) is 12.5 Å². The molecule has 1 amide bonds. The first-order valence-electron chi connectivity index (χ1n) is 9.08. The molecule has 0 bridgehead atoms. The fourth-order valence-corrected chi connectivity index (χ4v) is 2.69. The van der Waals surface area contributed by atoms with Crippen molar-refractivity contribution in [2.45, 2.75) is 20.8 Å². The van der Waals surface area contributed by atoms with E-state index in [0.717, 1.165) is 23.0 Å². The minimum atomic E-state index is -0.168. The Hall–Kier alpha value is -3.42. The van der Waals surface area contributed by atoms with Gasteiger partial charge in [-0.05, 0) is 32.4 Å². The number of ether oxygens (including phenoxy) is 1. The molecule has 0 atom stereocenters. The van der Waals surface area contributed by atoms with E-state index in [1.54, 1.807) is 6.20 Å². The zero-order valence-corrected chi connectivity index (χ0v) is 16.3.